The van der Waals surface area contributed by atoms with Crippen molar-refractivity contribution >= 4 is 23.6 Å². The molecule has 0 unspecified atom stereocenters. The van der Waals surface area contributed by atoms with Crippen LogP contribution in [0.4, 0.5) is 0 Å². The number of nitrogens with zero attached hydrogens (tertiary/aromatic N) is 3. The number of likely N-dealkylation sites (tertiary alicyclic amines) is 2. The van der Waals surface area contributed by atoms with Crippen LogP contribution in [0.2, 0.25) is 0 Å². The fraction of sp³-hybridized carbons (Fsp3) is 0.833. The topological polar surface area (TPSA) is 102 Å². The van der Waals surface area contributed by atoms with Gasteiger partial charge in [0.1, 0.15) is 12.1 Å². The van der Waals surface area contributed by atoms with E-state index in [1.807, 2.05) is 40.7 Å². The number of rotatable bonds is 10. The Kier molecular flexibility index (Phi) is 13.5. The summed E-state index contributed by atoms with van der Waals surface area (Å²) >= 11 is 0. The van der Waals surface area contributed by atoms with Crippen molar-refractivity contribution in [2.45, 2.75) is 162 Å². The van der Waals surface area contributed by atoms with E-state index in [0.717, 1.165) is 57.9 Å². The third kappa shape index (κ3) is 9.79. The van der Waals surface area contributed by atoms with Crippen LogP contribution in [0.3, 0.4) is 0 Å². The maximum Gasteiger partial charge on any atom is 0.249 e. The maximum absolute atomic E-state index is 14.2. The number of hydrogen-bond donors (Lipinski definition) is 2. The van der Waals surface area contributed by atoms with Gasteiger partial charge >= 0.3 is 0 Å². The molecular weight excluding hydrogens is 566 g/mol. The Hall–Kier alpha value is -2.42. The zero-order valence-electron chi connectivity index (χ0n) is 29.8. The molecule has 4 atom stereocenters. The summed E-state index contributed by atoms with van der Waals surface area (Å²) in [6.45, 7) is 17.5. The molecule has 0 bridgehead atoms. The average molecular weight is 630 g/mol. The Morgan fingerprint density at radius 3 is 1.98 bits per heavy atom. The standard InChI is InChI=1S/C36H63N5O4/c1-24(2)30(23-26(5)34(44)41-22-16-20-29(41)32(42)37-27-17-12-10-11-13-18-27)39(9)35(45)31(36(6,7)8)38-33(43)28-19-14-15-21-40(28)25(3)4/h23-25,27-31H,10-22H2,1-9H3,(H,37,42)(H,38,43)/b26-23+/t28-,29+,30-,31-/m1/s1. The van der Waals surface area contributed by atoms with Gasteiger partial charge in [-0.05, 0) is 77.2 Å². The summed E-state index contributed by atoms with van der Waals surface area (Å²) < 4.78 is 0. The molecule has 1 saturated carbocycles. The van der Waals surface area contributed by atoms with Gasteiger partial charge in [-0.3, -0.25) is 24.1 Å². The average Bonchev–Trinajstić information content (AvgIpc) is 3.34. The lowest BCUT2D eigenvalue weighted by Crippen LogP contribution is -2.60. The normalized spacial score (nSPS) is 23.9. The first kappa shape index (κ1) is 37.0. The SMILES string of the molecule is C/C(=C\[C@H](C(C)C)N(C)C(=O)[C@@H](NC(=O)[C@H]1CCCCN1C(C)C)C(C)(C)C)C(=O)N1CCC[C@H]1C(=O)NC1CCCCCC1. The Morgan fingerprint density at radius 1 is 0.800 bits per heavy atom. The van der Waals surface area contributed by atoms with Gasteiger partial charge in [-0.2, -0.15) is 0 Å². The minimum Gasteiger partial charge on any atom is -0.352 e. The van der Waals surface area contributed by atoms with Crippen molar-refractivity contribution in [1.29, 1.82) is 0 Å². The Labute approximate surface area is 273 Å². The van der Waals surface area contributed by atoms with Gasteiger partial charge in [-0.25, -0.2) is 0 Å². The summed E-state index contributed by atoms with van der Waals surface area (Å²) in [7, 11) is 1.77. The first-order valence-corrected chi connectivity index (χ1v) is 17.8. The van der Waals surface area contributed by atoms with Crippen LogP contribution >= 0.6 is 0 Å². The highest BCUT2D eigenvalue weighted by Crippen LogP contribution is 2.27. The maximum atomic E-state index is 14.2. The van der Waals surface area contributed by atoms with Crippen molar-refractivity contribution < 1.29 is 19.2 Å². The molecule has 3 fully saturated rings. The zero-order chi connectivity index (χ0) is 33.5. The number of piperidine rings is 1. The number of likely N-dealkylation sites (N-methyl/N-ethyl adjacent to an activating group) is 1. The van der Waals surface area contributed by atoms with E-state index < -0.39 is 17.5 Å². The summed E-state index contributed by atoms with van der Waals surface area (Å²) in [6, 6.07) is -1.32. The molecule has 256 valence electrons. The first-order valence-electron chi connectivity index (χ1n) is 17.8. The Morgan fingerprint density at radius 2 is 1.40 bits per heavy atom. The summed E-state index contributed by atoms with van der Waals surface area (Å²) in [5.41, 5.74) is 0.0238. The number of carbonyl (C=O) groups excluding carboxylic acids is 4. The highest BCUT2D eigenvalue weighted by molar-refractivity contribution is 5.97. The second-order valence-electron chi connectivity index (χ2n) is 15.5. The number of amides is 4. The van der Waals surface area contributed by atoms with E-state index in [1.165, 1.54) is 12.8 Å². The van der Waals surface area contributed by atoms with Gasteiger partial charge in [-0.15, -0.1) is 0 Å². The molecule has 0 aromatic rings. The second kappa shape index (κ2) is 16.4. The molecule has 1 aliphatic carbocycles. The molecule has 0 aromatic carbocycles. The van der Waals surface area contributed by atoms with Crippen LogP contribution in [-0.2, 0) is 19.2 Å². The van der Waals surface area contributed by atoms with Gasteiger partial charge in [0, 0.05) is 31.2 Å². The van der Waals surface area contributed by atoms with Gasteiger partial charge in [0.2, 0.25) is 23.6 Å². The molecule has 0 radical (unpaired) electrons. The van der Waals surface area contributed by atoms with Crippen molar-refractivity contribution in [1.82, 2.24) is 25.3 Å². The minimum absolute atomic E-state index is 0.0284. The molecule has 3 aliphatic rings. The van der Waals surface area contributed by atoms with Gasteiger partial charge in [0.15, 0.2) is 0 Å². The lowest BCUT2D eigenvalue weighted by molar-refractivity contribution is -0.142. The molecule has 9 heteroatoms. The van der Waals surface area contributed by atoms with E-state index in [0.29, 0.717) is 18.5 Å². The lowest BCUT2D eigenvalue weighted by Gasteiger charge is -2.41. The molecular formula is C36H63N5O4. The minimum atomic E-state index is -0.716. The summed E-state index contributed by atoms with van der Waals surface area (Å²) in [5.74, 6) is -0.409. The van der Waals surface area contributed by atoms with Gasteiger partial charge < -0.3 is 20.4 Å². The van der Waals surface area contributed by atoms with E-state index in [4.69, 9.17) is 0 Å². The fourth-order valence-corrected chi connectivity index (χ4v) is 7.40. The van der Waals surface area contributed by atoms with Crippen molar-refractivity contribution in [2.75, 3.05) is 20.1 Å². The molecule has 45 heavy (non-hydrogen) atoms. The smallest absolute Gasteiger partial charge is 0.249 e. The lowest BCUT2D eigenvalue weighted by atomic mass is 9.84. The third-order valence-electron chi connectivity index (χ3n) is 10.2. The van der Waals surface area contributed by atoms with Crippen LogP contribution in [0, 0.1) is 11.3 Å². The zero-order valence-corrected chi connectivity index (χ0v) is 29.8. The molecule has 2 aliphatic heterocycles. The van der Waals surface area contributed by atoms with Crippen LogP contribution in [0.1, 0.15) is 126 Å². The molecule has 4 amide bonds. The fourth-order valence-electron chi connectivity index (χ4n) is 7.40. The molecule has 2 heterocycles. The van der Waals surface area contributed by atoms with Crippen LogP contribution in [-0.4, -0.2) is 94.7 Å². The molecule has 0 aromatic heterocycles. The molecule has 2 N–H and O–H groups in total. The number of hydrogen-bond acceptors (Lipinski definition) is 5. The predicted molar refractivity (Wildman–Crippen MR) is 180 cm³/mol. The third-order valence-corrected chi connectivity index (χ3v) is 10.2. The first-order chi connectivity index (χ1) is 21.1. The van der Waals surface area contributed by atoms with Crippen molar-refractivity contribution in [3.8, 4) is 0 Å². The predicted octanol–water partition coefficient (Wildman–Crippen LogP) is 5.04. The highest BCUT2D eigenvalue weighted by Gasteiger charge is 2.40. The molecule has 0 spiro atoms. The van der Waals surface area contributed by atoms with Gasteiger partial charge in [-0.1, -0.05) is 72.8 Å². The van der Waals surface area contributed by atoms with Crippen molar-refractivity contribution in [3.63, 3.8) is 0 Å². The van der Waals surface area contributed by atoms with E-state index in [-0.39, 0.29) is 53.7 Å². The van der Waals surface area contributed by atoms with E-state index in [9.17, 15) is 19.2 Å². The van der Waals surface area contributed by atoms with Crippen LogP contribution in [0.15, 0.2) is 11.6 Å². The monoisotopic (exact) mass is 629 g/mol. The number of carbonyl (C=O) groups is 4. The van der Waals surface area contributed by atoms with Crippen molar-refractivity contribution in [2.24, 2.45) is 11.3 Å². The van der Waals surface area contributed by atoms with Crippen molar-refractivity contribution in [3.05, 3.63) is 11.6 Å². The van der Waals surface area contributed by atoms with Crippen LogP contribution in [0.25, 0.3) is 0 Å². The van der Waals surface area contributed by atoms with Crippen LogP contribution < -0.4 is 10.6 Å². The summed E-state index contributed by atoms with van der Waals surface area (Å²) in [6.07, 6.45) is 13.0. The largest absolute Gasteiger partial charge is 0.352 e. The van der Waals surface area contributed by atoms with E-state index >= 15 is 0 Å². The summed E-state index contributed by atoms with van der Waals surface area (Å²) in [5, 5.41) is 6.40. The quantitative estimate of drug-likeness (QED) is 0.261. The highest BCUT2D eigenvalue weighted by atomic mass is 16.2. The Balaban J connectivity index is 1.75. The number of nitrogens with one attached hydrogen (secondary N) is 2. The second-order valence-corrected chi connectivity index (χ2v) is 15.5. The molecule has 3 rings (SSSR count). The Bertz CT molecular complexity index is 1060. The van der Waals surface area contributed by atoms with E-state index in [2.05, 4.69) is 29.4 Å². The van der Waals surface area contributed by atoms with Gasteiger partial charge in [0.05, 0.1) is 12.1 Å². The van der Waals surface area contributed by atoms with Gasteiger partial charge in [0.25, 0.3) is 0 Å². The molecule has 2 saturated heterocycles. The van der Waals surface area contributed by atoms with E-state index in [1.54, 1.807) is 23.8 Å². The summed E-state index contributed by atoms with van der Waals surface area (Å²) in [4.78, 5) is 60.5. The van der Waals surface area contributed by atoms with Crippen LogP contribution in [0.5, 0.6) is 0 Å². The molecule has 9 nitrogen and oxygen atoms in total.